The van der Waals surface area contributed by atoms with Gasteiger partial charge in [-0.1, -0.05) is 25.4 Å². The molecule has 1 N–H and O–H groups in total. The van der Waals surface area contributed by atoms with Gasteiger partial charge in [0.25, 0.3) is 6.02 Å². The second kappa shape index (κ2) is 6.39. The average Bonchev–Trinajstić information content (AvgIpc) is 2.76. The summed E-state index contributed by atoms with van der Waals surface area (Å²) in [5.74, 6) is 0. The molecule has 0 radical (unpaired) electrons. The average molecular weight is 300 g/mol. The van der Waals surface area contributed by atoms with Crippen molar-refractivity contribution in [2.24, 2.45) is 4.99 Å². The molecule has 0 amide bonds. The van der Waals surface area contributed by atoms with Gasteiger partial charge in [0.05, 0.1) is 17.0 Å². The maximum absolute atomic E-state index is 7.70. The second-order valence-electron chi connectivity index (χ2n) is 4.36. The van der Waals surface area contributed by atoms with E-state index in [-0.39, 0.29) is 6.04 Å². The van der Waals surface area contributed by atoms with Crippen molar-refractivity contribution in [1.29, 1.82) is 5.41 Å². The van der Waals surface area contributed by atoms with Crippen molar-refractivity contribution in [1.82, 2.24) is 4.90 Å². The summed E-state index contributed by atoms with van der Waals surface area (Å²) in [5.41, 5.74) is 1.00. The number of ether oxygens (including phenoxy) is 1. The van der Waals surface area contributed by atoms with E-state index in [4.69, 9.17) is 21.7 Å². The van der Waals surface area contributed by atoms with E-state index in [0.29, 0.717) is 17.0 Å². The monoisotopic (exact) mass is 299 g/mol. The van der Waals surface area contributed by atoms with Crippen LogP contribution in [0.4, 0.5) is 5.00 Å². The Bertz CT molecular complexity index is 486. The number of nitrogens with zero attached hydrogens (tertiary/aromatic N) is 2. The lowest BCUT2D eigenvalue weighted by atomic mass is 10.1. The Hall–Kier alpha value is -1.07. The fourth-order valence-electron chi connectivity index (χ4n) is 2.07. The Morgan fingerprint density at radius 2 is 2.32 bits per heavy atom. The third kappa shape index (κ3) is 2.92. The summed E-state index contributed by atoms with van der Waals surface area (Å²) in [6, 6.07) is 2.39. The van der Waals surface area contributed by atoms with Crippen LogP contribution in [-0.4, -0.2) is 30.3 Å². The van der Waals surface area contributed by atoms with E-state index in [1.807, 2.05) is 11.0 Å². The Balaban J connectivity index is 2.37. The SMILES string of the molecule is CCCOC1=Nc2sc(Cl)cc2C(C=N)N1CCC. The molecule has 0 aromatic carbocycles. The summed E-state index contributed by atoms with van der Waals surface area (Å²) in [4.78, 5) is 6.59. The summed E-state index contributed by atoms with van der Waals surface area (Å²) in [5, 5.41) is 8.56. The molecular formula is C13H18ClN3OS. The quantitative estimate of drug-likeness (QED) is 0.827. The van der Waals surface area contributed by atoms with E-state index in [0.717, 1.165) is 30.0 Å². The van der Waals surface area contributed by atoms with Crippen LogP contribution in [0, 0.1) is 5.41 Å². The molecular weight excluding hydrogens is 282 g/mol. The van der Waals surface area contributed by atoms with Crippen molar-refractivity contribution >= 4 is 40.2 Å². The number of hydrogen-bond donors (Lipinski definition) is 1. The van der Waals surface area contributed by atoms with Crippen LogP contribution in [0.2, 0.25) is 4.34 Å². The number of rotatable bonds is 5. The lowest BCUT2D eigenvalue weighted by molar-refractivity contribution is 0.216. The number of thiophene rings is 1. The molecule has 0 saturated carbocycles. The van der Waals surface area contributed by atoms with Crippen LogP contribution in [0.15, 0.2) is 11.1 Å². The first-order valence-electron chi connectivity index (χ1n) is 6.49. The van der Waals surface area contributed by atoms with Crippen LogP contribution in [0.25, 0.3) is 0 Å². The van der Waals surface area contributed by atoms with Gasteiger partial charge in [-0.25, -0.2) is 0 Å². The van der Waals surface area contributed by atoms with Crippen molar-refractivity contribution in [3.05, 3.63) is 16.0 Å². The molecule has 2 heterocycles. The van der Waals surface area contributed by atoms with E-state index < -0.39 is 0 Å². The Morgan fingerprint density at radius 3 is 2.95 bits per heavy atom. The topological polar surface area (TPSA) is 48.7 Å². The molecule has 1 aliphatic heterocycles. The number of halogens is 1. The van der Waals surface area contributed by atoms with E-state index in [1.165, 1.54) is 17.6 Å². The fraction of sp³-hybridized carbons (Fsp3) is 0.538. The summed E-state index contributed by atoms with van der Waals surface area (Å²) in [7, 11) is 0. The van der Waals surface area contributed by atoms with E-state index in [9.17, 15) is 0 Å². The first-order valence-corrected chi connectivity index (χ1v) is 7.68. The molecule has 19 heavy (non-hydrogen) atoms. The van der Waals surface area contributed by atoms with Crippen molar-refractivity contribution in [2.45, 2.75) is 32.7 Å². The predicted octanol–water partition coefficient (Wildman–Crippen LogP) is 4.23. The summed E-state index contributed by atoms with van der Waals surface area (Å²) in [6.45, 7) is 5.62. The highest BCUT2D eigenvalue weighted by atomic mass is 35.5. The van der Waals surface area contributed by atoms with Crippen LogP contribution < -0.4 is 0 Å². The number of aliphatic imine (C=N–C) groups is 1. The molecule has 1 atom stereocenters. The smallest absolute Gasteiger partial charge is 0.294 e. The zero-order valence-electron chi connectivity index (χ0n) is 11.1. The van der Waals surface area contributed by atoms with Gasteiger partial charge < -0.3 is 15.0 Å². The first kappa shape index (κ1) is 14.3. The van der Waals surface area contributed by atoms with Crippen molar-refractivity contribution in [3.8, 4) is 0 Å². The molecule has 1 aliphatic rings. The maximum atomic E-state index is 7.70. The number of hydrogen-bond acceptors (Lipinski definition) is 5. The van der Waals surface area contributed by atoms with Crippen LogP contribution in [0.5, 0.6) is 0 Å². The Labute approximate surface area is 122 Å². The number of fused-ring (bicyclic) bond motifs is 1. The molecule has 0 fully saturated rings. The lowest BCUT2D eigenvalue weighted by Crippen LogP contribution is -2.39. The van der Waals surface area contributed by atoms with Crippen molar-refractivity contribution < 1.29 is 4.74 Å². The molecule has 1 aromatic heterocycles. The van der Waals surface area contributed by atoms with Crippen molar-refractivity contribution in [3.63, 3.8) is 0 Å². The highest BCUT2D eigenvalue weighted by Gasteiger charge is 2.31. The highest BCUT2D eigenvalue weighted by Crippen LogP contribution is 2.42. The molecule has 0 spiro atoms. The molecule has 104 valence electrons. The zero-order chi connectivity index (χ0) is 13.8. The molecule has 6 heteroatoms. The molecule has 0 aliphatic carbocycles. The summed E-state index contributed by atoms with van der Waals surface area (Å²) >= 11 is 7.50. The minimum atomic E-state index is -0.122. The second-order valence-corrected chi connectivity index (χ2v) is 6.02. The molecule has 1 unspecified atom stereocenters. The Kier molecular flexibility index (Phi) is 4.82. The normalized spacial score (nSPS) is 17.9. The zero-order valence-corrected chi connectivity index (χ0v) is 12.7. The standard InChI is InChI=1S/C13H18ClN3OS/c1-3-5-17-10(8-15)9-7-11(14)19-12(9)16-13(17)18-6-4-2/h7-8,10,15H,3-6H2,1-2H3. The first-order chi connectivity index (χ1) is 9.21. The number of nitrogens with one attached hydrogen (secondary N) is 1. The van der Waals surface area contributed by atoms with Crippen LogP contribution in [0.1, 0.15) is 38.3 Å². The van der Waals surface area contributed by atoms with Gasteiger partial charge in [-0.05, 0) is 18.9 Å². The van der Waals surface area contributed by atoms with Gasteiger partial charge in [-0.3, -0.25) is 0 Å². The molecule has 0 bridgehead atoms. The van der Waals surface area contributed by atoms with Gasteiger partial charge >= 0.3 is 0 Å². The van der Waals surface area contributed by atoms with Gasteiger partial charge in [0.1, 0.15) is 5.00 Å². The van der Waals surface area contributed by atoms with Crippen LogP contribution >= 0.6 is 22.9 Å². The van der Waals surface area contributed by atoms with Crippen molar-refractivity contribution in [2.75, 3.05) is 13.2 Å². The maximum Gasteiger partial charge on any atom is 0.294 e. The molecule has 1 aromatic rings. The summed E-state index contributed by atoms with van der Waals surface area (Å²) in [6.07, 6.45) is 3.35. The lowest BCUT2D eigenvalue weighted by Gasteiger charge is -2.33. The van der Waals surface area contributed by atoms with Crippen LogP contribution in [0.3, 0.4) is 0 Å². The largest absolute Gasteiger partial charge is 0.465 e. The van der Waals surface area contributed by atoms with E-state index in [1.54, 1.807) is 0 Å². The fourth-order valence-corrected chi connectivity index (χ4v) is 3.19. The third-order valence-corrected chi connectivity index (χ3v) is 4.04. The molecule has 2 rings (SSSR count). The summed E-state index contributed by atoms with van der Waals surface area (Å²) < 4.78 is 6.43. The minimum Gasteiger partial charge on any atom is -0.465 e. The minimum absolute atomic E-state index is 0.122. The van der Waals surface area contributed by atoms with Gasteiger partial charge in [0.2, 0.25) is 0 Å². The molecule has 0 saturated heterocycles. The van der Waals surface area contributed by atoms with E-state index in [2.05, 4.69) is 18.8 Å². The van der Waals surface area contributed by atoms with Gasteiger partial charge in [-0.15, -0.1) is 11.3 Å². The highest BCUT2D eigenvalue weighted by molar-refractivity contribution is 7.19. The Morgan fingerprint density at radius 1 is 1.53 bits per heavy atom. The van der Waals surface area contributed by atoms with Gasteiger partial charge in [-0.2, -0.15) is 4.99 Å². The predicted molar refractivity (Wildman–Crippen MR) is 81.2 cm³/mol. The number of amidine groups is 1. The van der Waals surface area contributed by atoms with Gasteiger partial charge in [0, 0.05) is 18.3 Å². The van der Waals surface area contributed by atoms with E-state index >= 15 is 0 Å². The van der Waals surface area contributed by atoms with Gasteiger partial charge in [0.15, 0.2) is 0 Å². The van der Waals surface area contributed by atoms with Crippen LogP contribution in [-0.2, 0) is 4.74 Å². The third-order valence-electron chi connectivity index (χ3n) is 2.87. The molecule has 4 nitrogen and oxygen atoms in total.